The Morgan fingerprint density at radius 2 is 1.73 bits per heavy atom. The fourth-order valence-electron chi connectivity index (χ4n) is 1.69. The van der Waals surface area contributed by atoms with Gasteiger partial charge in [-0.25, -0.2) is 0 Å². The van der Waals surface area contributed by atoms with E-state index in [9.17, 15) is 9.59 Å². The van der Waals surface area contributed by atoms with Crippen LogP contribution in [0.5, 0.6) is 0 Å². The van der Waals surface area contributed by atoms with E-state index >= 15 is 0 Å². The lowest BCUT2D eigenvalue weighted by Gasteiger charge is -2.06. The topological polar surface area (TPSA) is 72.2 Å². The molecule has 0 fully saturated rings. The Balaban J connectivity index is 2.10. The van der Waals surface area contributed by atoms with E-state index in [-0.39, 0.29) is 11.5 Å². The number of carbonyl (C=O) groups is 2. The van der Waals surface area contributed by atoms with Gasteiger partial charge in [0.25, 0.3) is 0 Å². The highest BCUT2D eigenvalue weighted by atomic mass is 35.5. The maximum absolute atomic E-state index is 11.9. The van der Waals surface area contributed by atoms with Crippen LogP contribution in [0.3, 0.4) is 0 Å². The number of carbonyl (C=O) groups excluding carboxylic acids is 2. The van der Waals surface area contributed by atoms with E-state index < -0.39 is 5.91 Å². The highest BCUT2D eigenvalue weighted by Crippen LogP contribution is 2.23. The molecule has 2 aromatic carbocycles. The second-order valence-electron chi connectivity index (χ2n) is 4.43. The van der Waals surface area contributed by atoms with Gasteiger partial charge in [-0.05, 0) is 42.0 Å². The van der Waals surface area contributed by atoms with Gasteiger partial charge in [-0.15, -0.1) is 0 Å². The summed E-state index contributed by atoms with van der Waals surface area (Å²) in [7, 11) is 0. The SMILES string of the molecule is NC(=O)c1ccc(Cl)c(NC(=O)/C=C/c2ccc(Cl)cc2)c1. The van der Waals surface area contributed by atoms with Gasteiger partial charge < -0.3 is 11.1 Å². The molecule has 0 aliphatic carbocycles. The summed E-state index contributed by atoms with van der Waals surface area (Å²) in [6, 6.07) is 11.4. The number of anilines is 1. The van der Waals surface area contributed by atoms with E-state index in [0.717, 1.165) is 5.56 Å². The fraction of sp³-hybridized carbons (Fsp3) is 0. The van der Waals surface area contributed by atoms with Gasteiger partial charge in [0.15, 0.2) is 0 Å². The van der Waals surface area contributed by atoms with Gasteiger partial charge in [0.1, 0.15) is 0 Å². The van der Waals surface area contributed by atoms with Crippen molar-refractivity contribution in [2.75, 3.05) is 5.32 Å². The molecule has 4 nitrogen and oxygen atoms in total. The molecule has 3 N–H and O–H groups in total. The molecule has 0 aliphatic heterocycles. The number of nitrogens with two attached hydrogens (primary N) is 1. The predicted octanol–water partition coefficient (Wildman–Crippen LogP) is 3.74. The lowest BCUT2D eigenvalue weighted by molar-refractivity contribution is -0.111. The number of amides is 2. The summed E-state index contributed by atoms with van der Waals surface area (Å²) in [5.41, 5.74) is 6.61. The number of primary amides is 1. The summed E-state index contributed by atoms with van der Waals surface area (Å²) in [5.74, 6) is -0.970. The van der Waals surface area contributed by atoms with Crippen LogP contribution in [0.15, 0.2) is 48.5 Å². The van der Waals surface area contributed by atoms with Crippen molar-refractivity contribution in [2.45, 2.75) is 0 Å². The molecule has 0 atom stereocenters. The first kappa shape index (κ1) is 16.1. The second kappa shape index (κ2) is 7.11. The molecule has 6 heteroatoms. The average molecular weight is 335 g/mol. The Bertz CT molecular complexity index is 740. The Morgan fingerprint density at radius 3 is 2.36 bits per heavy atom. The summed E-state index contributed by atoms with van der Waals surface area (Å²) >= 11 is 11.8. The van der Waals surface area contributed by atoms with E-state index in [1.807, 2.05) is 0 Å². The molecule has 0 spiro atoms. The molecule has 2 rings (SSSR count). The standard InChI is InChI=1S/C16H12Cl2N2O2/c17-12-5-1-10(2-6-12)3-8-15(21)20-14-9-11(16(19)22)4-7-13(14)18/h1-9H,(H2,19,22)(H,20,21)/b8-3+. The minimum Gasteiger partial charge on any atom is -0.366 e. The first-order valence-corrected chi connectivity index (χ1v) is 7.05. The number of rotatable bonds is 4. The summed E-state index contributed by atoms with van der Waals surface area (Å²) in [4.78, 5) is 23.0. The highest BCUT2D eigenvalue weighted by Gasteiger charge is 2.07. The van der Waals surface area contributed by atoms with Crippen LogP contribution in [0.1, 0.15) is 15.9 Å². The monoisotopic (exact) mass is 334 g/mol. The minimum atomic E-state index is -0.594. The molecule has 0 aromatic heterocycles. The average Bonchev–Trinajstić information content (AvgIpc) is 2.48. The van der Waals surface area contributed by atoms with Crippen LogP contribution in [0, 0.1) is 0 Å². The number of halogens is 2. The molecule has 0 bridgehead atoms. The Labute approximate surface area is 137 Å². The zero-order chi connectivity index (χ0) is 16.1. The van der Waals surface area contributed by atoms with Crippen LogP contribution in [0.4, 0.5) is 5.69 Å². The Hall–Kier alpha value is -2.30. The van der Waals surface area contributed by atoms with Gasteiger partial charge in [-0.1, -0.05) is 35.3 Å². The Kier molecular flexibility index (Phi) is 5.20. The molecule has 22 heavy (non-hydrogen) atoms. The van der Waals surface area contributed by atoms with E-state index in [2.05, 4.69) is 5.32 Å². The Morgan fingerprint density at radius 1 is 1.05 bits per heavy atom. The van der Waals surface area contributed by atoms with Gasteiger partial charge in [-0.2, -0.15) is 0 Å². The van der Waals surface area contributed by atoms with Crippen LogP contribution in [-0.2, 0) is 4.79 Å². The first-order chi connectivity index (χ1) is 10.5. The molecule has 0 radical (unpaired) electrons. The normalized spacial score (nSPS) is 10.6. The highest BCUT2D eigenvalue weighted by molar-refractivity contribution is 6.34. The molecular formula is C16H12Cl2N2O2. The van der Waals surface area contributed by atoms with Gasteiger partial charge in [0.05, 0.1) is 10.7 Å². The van der Waals surface area contributed by atoms with Crippen LogP contribution < -0.4 is 11.1 Å². The molecule has 0 aliphatic rings. The summed E-state index contributed by atoms with van der Waals surface area (Å²) in [6.07, 6.45) is 2.99. The largest absolute Gasteiger partial charge is 0.366 e. The molecule has 2 aromatic rings. The van der Waals surface area contributed by atoms with Crippen molar-refractivity contribution in [2.24, 2.45) is 5.73 Å². The first-order valence-electron chi connectivity index (χ1n) is 6.29. The fourth-order valence-corrected chi connectivity index (χ4v) is 1.99. The molecule has 0 saturated heterocycles. The molecular weight excluding hydrogens is 323 g/mol. The van der Waals surface area contributed by atoms with Crippen molar-refractivity contribution in [3.05, 3.63) is 69.7 Å². The van der Waals surface area contributed by atoms with Crippen molar-refractivity contribution in [3.8, 4) is 0 Å². The van der Waals surface area contributed by atoms with Gasteiger partial charge in [0.2, 0.25) is 11.8 Å². The molecule has 0 saturated carbocycles. The lowest BCUT2D eigenvalue weighted by atomic mass is 10.2. The van der Waals surface area contributed by atoms with Crippen molar-refractivity contribution in [3.63, 3.8) is 0 Å². The number of hydrogen-bond donors (Lipinski definition) is 2. The van der Waals surface area contributed by atoms with Crippen molar-refractivity contribution in [1.82, 2.24) is 0 Å². The van der Waals surface area contributed by atoms with E-state index in [1.165, 1.54) is 24.3 Å². The summed E-state index contributed by atoms with van der Waals surface area (Å²) in [5, 5.41) is 3.54. The zero-order valence-electron chi connectivity index (χ0n) is 11.3. The molecule has 112 valence electrons. The maximum Gasteiger partial charge on any atom is 0.248 e. The quantitative estimate of drug-likeness (QED) is 0.836. The molecule has 0 unspecified atom stereocenters. The van der Waals surface area contributed by atoms with Crippen LogP contribution in [-0.4, -0.2) is 11.8 Å². The maximum atomic E-state index is 11.9. The van der Waals surface area contributed by atoms with E-state index in [4.69, 9.17) is 28.9 Å². The van der Waals surface area contributed by atoms with Crippen LogP contribution >= 0.6 is 23.2 Å². The third-order valence-electron chi connectivity index (χ3n) is 2.81. The van der Waals surface area contributed by atoms with Crippen molar-refractivity contribution in [1.29, 1.82) is 0 Å². The molecule has 2 amide bonds. The third-order valence-corrected chi connectivity index (χ3v) is 3.39. The minimum absolute atomic E-state index is 0.265. The van der Waals surface area contributed by atoms with Gasteiger partial charge >= 0.3 is 0 Å². The number of hydrogen-bond acceptors (Lipinski definition) is 2. The zero-order valence-corrected chi connectivity index (χ0v) is 12.9. The smallest absolute Gasteiger partial charge is 0.248 e. The van der Waals surface area contributed by atoms with E-state index in [0.29, 0.717) is 15.7 Å². The van der Waals surface area contributed by atoms with Crippen LogP contribution in [0.2, 0.25) is 10.0 Å². The predicted molar refractivity (Wildman–Crippen MR) is 89.1 cm³/mol. The van der Waals surface area contributed by atoms with Crippen LogP contribution in [0.25, 0.3) is 6.08 Å². The second-order valence-corrected chi connectivity index (χ2v) is 5.28. The van der Waals surface area contributed by atoms with Crippen molar-refractivity contribution < 1.29 is 9.59 Å². The van der Waals surface area contributed by atoms with Gasteiger partial charge in [-0.3, -0.25) is 9.59 Å². The summed E-state index contributed by atoms with van der Waals surface area (Å²) < 4.78 is 0. The number of benzene rings is 2. The lowest BCUT2D eigenvalue weighted by Crippen LogP contribution is -2.13. The number of nitrogens with one attached hydrogen (secondary N) is 1. The summed E-state index contributed by atoms with van der Waals surface area (Å²) in [6.45, 7) is 0. The van der Waals surface area contributed by atoms with Gasteiger partial charge in [0, 0.05) is 16.7 Å². The third kappa shape index (κ3) is 4.35. The van der Waals surface area contributed by atoms with Crippen molar-refractivity contribution >= 4 is 46.8 Å². The van der Waals surface area contributed by atoms with E-state index in [1.54, 1.807) is 30.3 Å². The molecule has 0 heterocycles.